The average Bonchev–Trinajstić information content (AvgIpc) is 3.05. The van der Waals surface area contributed by atoms with Gasteiger partial charge in [0.15, 0.2) is 0 Å². The van der Waals surface area contributed by atoms with Gasteiger partial charge in [-0.2, -0.15) is 0 Å². The minimum Gasteiger partial charge on any atom is -0.495 e. The number of nitrogens with zero attached hydrogens (tertiary/aromatic N) is 4. The molecule has 2 N–H and O–H groups in total. The Kier molecular flexibility index (Phi) is 11.1. The largest absolute Gasteiger partial charge is 0.495 e. The smallest absolute Gasteiger partial charge is 0.142 e. The first kappa shape index (κ1) is 31.9. The van der Waals surface area contributed by atoms with E-state index in [0.29, 0.717) is 39.1 Å². The van der Waals surface area contributed by atoms with E-state index in [0.717, 1.165) is 60.7 Å². The van der Waals surface area contributed by atoms with E-state index in [4.69, 9.17) is 37.5 Å². The summed E-state index contributed by atoms with van der Waals surface area (Å²) in [7, 11) is 5.03. The molecule has 0 saturated carbocycles. The van der Waals surface area contributed by atoms with Crippen molar-refractivity contribution in [1.29, 1.82) is 0 Å². The first-order valence-corrected chi connectivity index (χ1v) is 14.6. The van der Waals surface area contributed by atoms with Crippen molar-refractivity contribution in [1.82, 2.24) is 14.9 Å². The molecule has 9 nitrogen and oxygen atoms in total. The number of fused-ring (bicyclic) bond motifs is 1. The molecule has 11 heteroatoms. The molecular weight excluding hydrogens is 587 g/mol. The van der Waals surface area contributed by atoms with E-state index in [1.54, 1.807) is 26.5 Å². The molecule has 4 aromatic rings. The van der Waals surface area contributed by atoms with E-state index in [-0.39, 0.29) is 0 Å². The summed E-state index contributed by atoms with van der Waals surface area (Å²) in [6.07, 6.45) is 5.43. The van der Waals surface area contributed by atoms with Crippen molar-refractivity contribution >= 4 is 63.1 Å². The summed E-state index contributed by atoms with van der Waals surface area (Å²) in [5, 5.41) is 9.34. The van der Waals surface area contributed by atoms with E-state index >= 15 is 0 Å². The molecule has 0 radical (unpaired) electrons. The van der Waals surface area contributed by atoms with Crippen LogP contribution in [0.3, 0.4) is 0 Å². The Morgan fingerprint density at radius 1 is 0.930 bits per heavy atom. The quantitative estimate of drug-likeness (QED) is 0.152. The molecule has 2 aromatic carbocycles. The molecule has 0 unspecified atom stereocenters. The van der Waals surface area contributed by atoms with Crippen LogP contribution in [0.2, 0.25) is 10.0 Å². The van der Waals surface area contributed by atoms with Gasteiger partial charge in [0.1, 0.15) is 23.6 Å². The zero-order valence-electron chi connectivity index (χ0n) is 24.8. The van der Waals surface area contributed by atoms with Crippen LogP contribution in [0.5, 0.6) is 11.5 Å². The number of halogens is 2. The Hall–Kier alpha value is -4.05. The summed E-state index contributed by atoms with van der Waals surface area (Å²) in [5.41, 5.74) is 4.33. The molecule has 0 bridgehead atoms. The Morgan fingerprint density at radius 2 is 1.56 bits per heavy atom. The lowest BCUT2D eigenvalue weighted by Crippen LogP contribution is -2.46. The fourth-order valence-electron chi connectivity index (χ4n) is 4.86. The van der Waals surface area contributed by atoms with Gasteiger partial charge in [0, 0.05) is 73.7 Å². The Balaban J connectivity index is 0.000000996. The monoisotopic (exact) mass is 622 g/mol. The van der Waals surface area contributed by atoms with Crippen LogP contribution in [0, 0.1) is 0 Å². The second-order valence-corrected chi connectivity index (χ2v) is 10.4. The molecule has 0 aliphatic carbocycles. The van der Waals surface area contributed by atoms with Crippen LogP contribution >= 0.6 is 23.2 Å². The molecule has 1 saturated heterocycles. The number of carbonyl (C=O) groups is 1. The lowest BCUT2D eigenvalue weighted by Gasteiger charge is -2.35. The number of methoxy groups -OCH3 is 2. The summed E-state index contributed by atoms with van der Waals surface area (Å²) in [6.45, 7) is 10.7. The van der Waals surface area contributed by atoms with Crippen molar-refractivity contribution in [3.05, 3.63) is 71.5 Å². The van der Waals surface area contributed by atoms with E-state index in [1.807, 2.05) is 25.4 Å². The molecule has 1 fully saturated rings. The number of hydrogen-bond donors (Lipinski definition) is 2. The van der Waals surface area contributed by atoms with Crippen LogP contribution in [0.25, 0.3) is 22.0 Å². The van der Waals surface area contributed by atoms with Gasteiger partial charge in [-0.05, 0) is 43.0 Å². The maximum atomic E-state index is 9.06. The number of nitrogens with one attached hydrogen (secondary N) is 2. The number of piperazine rings is 1. The number of anilines is 4. The van der Waals surface area contributed by atoms with Gasteiger partial charge in [0.05, 0.1) is 41.3 Å². The minimum absolute atomic E-state index is 0.372. The van der Waals surface area contributed by atoms with Crippen molar-refractivity contribution in [3.8, 4) is 22.8 Å². The topological polar surface area (TPSA) is 91.9 Å². The van der Waals surface area contributed by atoms with Crippen molar-refractivity contribution in [2.24, 2.45) is 0 Å². The van der Waals surface area contributed by atoms with Gasteiger partial charge in [0.2, 0.25) is 0 Å². The van der Waals surface area contributed by atoms with E-state index in [2.05, 4.69) is 62.1 Å². The summed E-state index contributed by atoms with van der Waals surface area (Å²) in [6, 6.07) is 12.0. The molecule has 3 heterocycles. The molecule has 5 rings (SSSR count). The first-order chi connectivity index (χ1) is 20.9. The third-order valence-electron chi connectivity index (χ3n) is 7.25. The van der Waals surface area contributed by atoms with Gasteiger partial charge >= 0.3 is 0 Å². The zero-order valence-corrected chi connectivity index (χ0v) is 26.3. The highest BCUT2D eigenvalue weighted by Gasteiger charge is 2.20. The predicted molar refractivity (Wildman–Crippen MR) is 178 cm³/mol. The Bertz CT molecular complexity index is 1560. The summed E-state index contributed by atoms with van der Waals surface area (Å²) in [5.74, 6) is 1.64. The maximum Gasteiger partial charge on any atom is 0.142 e. The number of ether oxygens (including phenoxy) is 2. The highest BCUT2D eigenvalue weighted by molar-refractivity contribution is 6.41. The highest BCUT2D eigenvalue weighted by atomic mass is 35.5. The Morgan fingerprint density at radius 3 is 2.14 bits per heavy atom. The molecule has 1 aliphatic rings. The lowest BCUT2D eigenvalue weighted by atomic mass is 10.1. The maximum absolute atomic E-state index is 9.06. The number of aromatic nitrogens is 2. The fraction of sp³-hybridized carbons (Fsp3) is 0.281. The SMILES string of the molecule is C=CC=O.CCN1CCN(c2ccc(Nc3cc4cnc(-c5c(Cl)c(OC)cc(OC)c5Cl)cc4cn3)c(NC)c2)CC1. The van der Waals surface area contributed by atoms with Crippen LogP contribution in [0.1, 0.15) is 6.92 Å². The number of aldehydes is 1. The highest BCUT2D eigenvalue weighted by Crippen LogP contribution is 2.45. The standard InChI is InChI=1S/C29H32Cl2N6O2.C3H4O/c1-5-36-8-10-37(11-9-36)20-6-7-21(22(14-20)32-2)35-26-13-19-16-33-23(12-18(19)17-34-26)27-28(30)24(38-3)15-25(39-4)29(27)31;1-2-3-4/h6-7,12-17,32H,5,8-11H2,1-4H3,(H,34,35);2-3H,1H2. The van der Waals surface area contributed by atoms with Crippen molar-refractivity contribution in [2.75, 3.05) is 69.5 Å². The van der Waals surface area contributed by atoms with Gasteiger partial charge in [-0.3, -0.25) is 9.78 Å². The van der Waals surface area contributed by atoms with Crippen molar-refractivity contribution in [2.45, 2.75) is 6.92 Å². The number of hydrogen-bond acceptors (Lipinski definition) is 9. The van der Waals surface area contributed by atoms with E-state index < -0.39 is 0 Å². The van der Waals surface area contributed by atoms with Gasteiger partial charge < -0.3 is 29.9 Å². The number of carbonyl (C=O) groups excluding carboxylic acids is 1. The second kappa shape index (κ2) is 14.9. The molecule has 0 atom stereocenters. The predicted octanol–water partition coefficient (Wildman–Crippen LogP) is 6.92. The van der Waals surface area contributed by atoms with E-state index in [9.17, 15) is 0 Å². The third-order valence-corrected chi connectivity index (χ3v) is 8.00. The van der Waals surface area contributed by atoms with Crippen LogP contribution in [0.15, 0.2) is 61.4 Å². The molecular formula is C32H36Cl2N6O3. The Labute approximate surface area is 262 Å². The number of pyridine rings is 2. The molecule has 2 aromatic heterocycles. The molecule has 43 heavy (non-hydrogen) atoms. The molecule has 0 spiro atoms. The van der Waals surface area contributed by atoms with Crippen LogP contribution < -0.4 is 25.0 Å². The minimum atomic E-state index is 0.372. The number of allylic oxidation sites excluding steroid dienone is 1. The van der Waals surface area contributed by atoms with Crippen LogP contribution in [-0.2, 0) is 4.79 Å². The number of rotatable bonds is 9. The van der Waals surface area contributed by atoms with Gasteiger partial charge in [-0.15, -0.1) is 0 Å². The van der Waals surface area contributed by atoms with Crippen molar-refractivity contribution in [3.63, 3.8) is 0 Å². The van der Waals surface area contributed by atoms with Crippen molar-refractivity contribution < 1.29 is 14.3 Å². The summed E-state index contributed by atoms with van der Waals surface area (Å²) in [4.78, 5) is 23.3. The van der Waals surface area contributed by atoms with Gasteiger partial charge in [-0.1, -0.05) is 36.7 Å². The number of likely N-dealkylation sites (N-methyl/N-ethyl adjacent to an activating group) is 1. The molecule has 1 aliphatic heterocycles. The van der Waals surface area contributed by atoms with Crippen LogP contribution in [-0.4, -0.2) is 75.1 Å². The lowest BCUT2D eigenvalue weighted by molar-refractivity contribution is -0.104. The average molecular weight is 624 g/mol. The molecule has 0 amide bonds. The first-order valence-electron chi connectivity index (χ1n) is 13.9. The third kappa shape index (κ3) is 7.30. The number of benzene rings is 2. The molecule has 226 valence electrons. The van der Waals surface area contributed by atoms with Crippen LogP contribution in [0.4, 0.5) is 22.9 Å². The van der Waals surface area contributed by atoms with Gasteiger partial charge in [0.25, 0.3) is 0 Å². The van der Waals surface area contributed by atoms with E-state index in [1.165, 1.54) is 11.8 Å². The second-order valence-electron chi connectivity index (χ2n) is 9.67. The fourth-order valence-corrected chi connectivity index (χ4v) is 5.55. The van der Waals surface area contributed by atoms with Gasteiger partial charge in [-0.25, -0.2) is 4.98 Å². The summed E-state index contributed by atoms with van der Waals surface area (Å²) >= 11 is 13.2. The summed E-state index contributed by atoms with van der Waals surface area (Å²) < 4.78 is 10.8. The normalized spacial score (nSPS) is 13.1. The zero-order chi connectivity index (χ0) is 30.9.